The number of anilines is 2. The van der Waals surface area contributed by atoms with E-state index in [1.807, 2.05) is 52.9 Å². The highest BCUT2D eigenvalue weighted by Gasteiger charge is 2.09. The Labute approximate surface area is 155 Å². The predicted octanol–water partition coefficient (Wildman–Crippen LogP) is 4.52. The highest BCUT2D eigenvalue weighted by molar-refractivity contribution is 6.00. The van der Waals surface area contributed by atoms with Gasteiger partial charge >= 0.3 is 6.03 Å². The third-order valence-electron chi connectivity index (χ3n) is 4.14. The molecule has 0 spiro atoms. The van der Waals surface area contributed by atoms with E-state index in [-0.39, 0.29) is 6.03 Å². The van der Waals surface area contributed by atoms with Crippen molar-refractivity contribution in [3.8, 4) is 17.2 Å². The van der Waals surface area contributed by atoms with Gasteiger partial charge in [0.05, 0.1) is 23.3 Å². The minimum Gasteiger partial charge on any atom is -0.308 e. The van der Waals surface area contributed by atoms with Crippen molar-refractivity contribution >= 4 is 23.1 Å². The summed E-state index contributed by atoms with van der Waals surface area (Å²) < 4.78 is 1.81. The van der Waals surface area contributed by atoms with Gasteiger partial charge < -0.3 is 5.32 Å². The molecule has 6 heteroatoms. The number of carbonyl (C=O) groups is 1. The third kappa shape index (κ3) is 3.48. The molecule has 0 unspecified atom stereocenters. The maximum absolute atomic E-state index is 12.4. The Morgan fingerprint density at radius 3 is 2.48 bits per heavy atom. The number of imidazole rings is 1. The molecule has 2 amide bonds. The summed E-state index contributed by atoms with van der Waals surface area (Å²) in [5, 5.41) is 14.5. The molecule has 0 bridgehead atoms. The summed E-state index contributed by atoms with van der Waals surface area (Å²) in [6, 6.07) is 22.2. The molecule has 0 aliphatic rings. The number of nitriles is 1. The molecule has 27 heavy (non-hydrogen) atoms. The summed E-state index contributed by atoms with van der Waals surface area (Å²) in [6.45, 7) is 0. The van der Waals surface area contributed by atoms with Gasteiger partial charge in [0.1, 0.15) is 12.1 Å². The number of nitrogens with zero attached hydrogens (tertiary/aromatic N) is 3. The lowest BCUT2D eigenvalue weighted by Crippen LogP contribution is -2.20. The molecule has 0 radical (unpaired) electrons. The van der Waals surface area contributed by atoms with E-state index in [1.54, 1.807) is 36.8 Å². The Kier molecular flexibility index (Phi) is 4.25. The lowest BCUT2D eigenvalue weighted by molar-refractivity contribution is 0.262. The predicted molar refractivity (Wildman–Crippen MR) is 104 cm³/mol. The van der Waals surface area contributed by atoms with Gasteiger partial charge in [-0.25, -0.2) is 9.78 Å². The Bertz CT molecular complexity index is 1140. The van der Waals surface area contributed by atoms with Crippen LogP contribution in [-0.4, -0.2) is 15.4 Å². The van der Waals surface area contributed by atoms with Crippen molar-refractivity contribution < 1.29 is 4.79 Å². The molecule has 0 aliphatic carbocycles. The zero-order valence-electron chi connectivity index (χ0n) is 14.3. The number of amides is 2. The minimum absolute atomic E-state index is 0.375. The number of nitrogens with one attached hydrogen (secondary N) is 2. The van der Waals surface area contributed by atoms with E-state index in [0.29, 0.717) is 17.1 Å². The van der Waals surface area contributed by atoms with E-state index in [9.17, 15) is 4.79 Å². The molecule has 0 atom stereocenters. The van der Waals surface area contributed by atoms with Gasteiger partial charge in [0.2, 0.25) is 0 Å². The van der Waals surface area contributed by atoms with Crippen LogP contribution < -0.4 is 10.6 Å². The SMILES string of the molecule is N#Cc1ccc(NC(=O)Nc2cc(-c3ccccc3)cc3cncn23)cc1. The molecular formula is C21H15N5O. The van der Waals surface area contributed by atoms with Gasteiger partial charge in [0.15, 0.2) is 0 Å². The Morgan fingerprint density at radius 1 is 0.963 bits per heavy atom. The topological polar surface area (TPSA) is 82.2 Å². The van der Waals surface area contributed by atoms with Gasteiger partial charge in [-0.15, -0.1) is 0 Å². The zero-order chi connectivity index (χ0) is 18.6. The summed E-state index contributed by atoms with van der Waals surface area (Å²) in [7, 11) is 0. The van der Waals surface area contributed by atoms with Gasteiger partial charge in [-0.3, -0.25) is 9.72 Å². The van der Waals surface area contributed by atoms with Gasteiger partial charge in [-0.2, -0.15) is 5.26 Å². The van der Waals surface area contributed by atoms with Crippen LogP contribution in [0.25, 0.3) is 16.6 Å². The van der Waals surface area contributed by atoms with Gasteiger partial charge in [0.25, 0.3) is 0 Å². The van der Waals surface area contributed by atoms with Crippen molar-refractivity contribution in [1.82, 2.24) is 9.38 Å². The van der Waals surface area contributed by atoms with Crippen LogP contribution in [0.1, 0.15) is 5.56 Å². The van der Waals surface area contributed by atoms with Crippen LogP contribution in [0.3, 0.4) is 0 Å². The lowest BCUT2D eigenvalue weighted by Gasteiger charge is -2.12. The standard InChI is InChI=1S/C21H15N5O/c22-12-15-6-8-18(9-7-15)24-21(27)25-20-11-17(16-4-2-1-3-5-16)10-19-13-23-14-26(19)20/h1-11,13-14H,(H2,24,25,27). The number of hydrogen-bond acceptors (Lipinski definition) is 3. The Morgan fingerprint density at radius 2 is 1.74 bits per heavy atom. The first-order valence-electron chi connectivity index (χ1n) is 8.32. The fourth-order valence-corrected chi connectivity index (χ4v) is 2.83. The van der Waals surface area contributed by atoms with Gasteiger partial charge in [-0.05, 0) is 47.5 Å². The first-order chi connectivity index (χ1) is 13.2. The summed E-state index contributed by atoms with van der Waals surface area (Å²) in [6.07, 6.45) is 3.40. The summed E-state index contributed by atoms with van der Waals surface area (Å²) in [4.78, 5) is 16.6. The van der Waals surface area contributed by atoms with Crippen molar-refractivity contribution in [2.75, 3.05) is 10.6 Å². The highest BCUT2D eigenvalue weighted by Crippen LogP contribution is 2.25. The van der Waals surface area contributed by atoms with Crippen LogP contribution in [0.4, 0.5) is 16.3 Å². The normalized spacial score (nSPS) is 10.3. The van der Waals surface area contributed by atoms with Crippen molar-refractivity contribution in [3.05, 3.63) is 84.8 Å². The van der Waals surface area contributed by atoms with E-state index < -0.39 is 0 Å². The molecule has 0 fully saturated rings. The molecule has 4 aromatic rings. The minimum atomic E-state index is -0.375. The number of benzene rings is 2. The van der Waals surface area contributed by atoms with Crippen LogP contribution in [0, 0.1) is 11.3 Å². The van der Waals surface area contributed by atoms with Gasteiger partial charge in [0, 0.05) is 5.69 Å². The van der Waals surface area contributed by atoms with Crippen molar-refractivity contribution in [2.24, 2.45) is 0 Å². The second-order valence-electron chi connectivity index (χ2n) is 5.95. The molecule has 2 heterocycles. The molecule has 6 nitrogen and oxygen atoms in total. The van der Waals surface area contributed by atoms with Crippen LogP contribution in [0.2, 0.25) is 0 Å². The monoisotopic (exact) mass is 353 g/mol. The molecule has 2 aromatic heterocycles. The number of pyridine rings is 1. The van der Waals surface area contributed by atoms with E-state index >= 15 is 0 Å². The Balaban J connectivity index is 1.61. The maximum Gasteiger partial charge on any atom is 0.324 e. The number of rotatable bonds is 3. The molecule has 0 aliphatic heterocycles. The fraction of sp³-hybridized carbons (Fsp3) is 0. The van der Waals surface area contributed by atoms with Crippen molar-refractivity contribution in [1.29, 1.82) is 5.26 Å². The van der Waals surface area contributed by atoms with Crippen LogP contribution in [0.5, 0.6) is 0 Å². The molecule has 4 rings (SSSR count). The fourth-order valence-electron chi connectivity index (χ4n) is 2.83. The smallest absolute Gasteiger partial charge is 0.308 e. The number of hydrogen-bond donors (Lipinski definition) is 2. The number of aromatic nitrogens is 2. The number of fused-ring (bicyclic) bond motifs is 1. The summed E-state index contributed by atoms with van der Waals surface area (Å²) in [5.41, 5.74) is 4.06. The van der Waals surface area contributed by atoms with Crippen molar-refractivity contribution in [3.63, 3.8) is 0 Å². The average molecular weight is 353 g/mol. The van der Waals surface area contributed by atoms with E-state index in [1.165, 1.54) is 0 Å². The van der Waals surface area contributed by atoms with Crippen LogP contribution >= 0.6 is 0 Å². The number of carbonyl (C=O) groups excluding carboxylic acids is 1. The second-order valence-corrected chi connectivity index (χ2v) is 5.95. The first kappa shape index (κ1) is 16.4. The first-order valence-corrected chi connectivity index (χ1v) is 8.32. The molecule has 2 N–H and O–H groups in total. The lowest BCUT2D eigenvalue weighted by atomic mass is 10.1. The zero-order valence-corrected chi connectivity index (χ0v) is 14.3. The Hall–Kier alpha value is -4.11. The van der Waals surface area contributed by atoms with Crippen LogP contribution in [0.15, 0.2) is 79.3 Å². The molecule has 0 saturated carbocycles. The van der Waals surface area contributed by atoms with Crippen LogP contribution in [-0.2, 0) is 0 Å². The quantitative estimate of drug-likeness (QED) is 0.568. The van der Waals surface area contributed by atoms with E-state index in [4.69, 9.17) is 5.26 Å². The molecular weight excluding hydrogens is 338 g/mol. The second kappa shape index (κ2) is 7.02. The van der Waals surface area contributed by atoms with Gasteiger partial charge in [-0.1, -0.05) is 30.3 Å². The van der Waals surface area contributed by atoms with Crippen molar-refractivity contribution in [2.45, 2.75) is 0 Å². The number of urea groups is 1. The largest absolute Gasteiger partial charge is 0.324 e. The highest BCUT2D eigenvalue weighted by atomic mass is 16.2. The third-order valence-corrected chi connectivity index (χ3v) is 4.14. The molecule has 130 valence electrons. The summed E-state index contributed by atoms with van der Waals surface area (Å²) >= 11 is 0. The summed E-state index contributed by atoms with van der Waals surface area (Å²) in [5.74, 6) is 0.606. The average Bonchev–Trinajstić information content (AvgIpc) is 3.18. The van der Waals surface area contributed by atoms with E-state index in [2.05, 4.69) is 15.6 Å². The molecule has 0 saturated heterocycles. The molecule has 2 aromatic carbocycles. The maximum atomic E-state index is 12.4. The van der Waals surface area contributed by atoms with E-state index in [0.717, 1.165) is 16.6 Å².